The first-order chi connectivity index (χ1) is 10.7. The van der Waals surface area contributed by atoms with E-state index in [1.54, 1.807) is 11.3 Å². The van der Waals surface area contributed by atoms with Crippen molar-refractivity contribution in [1.29, 1.82) is 0 Å². The van der Waals surface area contributed by atoms with E-state index in [1.807, 2.05) is 47.8 Å². The number of nitrogens with two attached hydrogens (primary N) is 1. The maximum absolute atomic E-state index is 12.0. The SMILES string of the molecule is NCC(=O)NCC(=O)NC(Cc1ccccc1)c1cccs1. The number of carbonyl (C=O) groups is 2. The zero-order chi connectivity index (χ0) is 15.8. The molecule has 0 aliphatic heterocycles. The fourth-order valence-electron chi connectivity index (χ4n) is 2.06. The quantitative estimate of drug-likeness (QED) is 0.718. The van der Waals surface area contributed by atoms with Crippen LogP contribution in [0.4, 0.5) is 0 Å². The van der Waals surface area contributed by atoms with E-state index >= 15 is 0 Å². The molecular formula is C16H19N3O2S. The average Bonchev–Trinajstić information content (AvgIpc) is 3.07. The number of nitrogens with one attached hydrogen (secondary N) is 2. The predicted molar refractivity (Wildman–Crippen MR) is 87.4 cm³/mol. The van der Waals surface area contributed by atoms with Gasteiger partial charge in [0.15, 0.2) is 0 Å². The minimum Gasteiger partial charge on any atom is -0.347 e. The van der Waals surface area contributed by atoms with Crippen molar-refractivity contribution >= 4 is 23.2 Å². The number of benzene rings is 1. The molecule has 1 heterocycles. The zero-order valence-electron chi connectivity index (χ0n) is 12.1. The van der Waals surface area contributed by atoms with Crippen LogP contribution in [0.2, 0.25) is 0 Å². The molecule has 0 spiro atoms. The Morgan fingerprint density at radius 2 is 1.86 bits per heavy atom. The summed E-state index contributed by atoms with van der Waals surface area (Å²) in [5.41, 5.74) is 6.34. The zero-order valence-corrected chi connectivity index (χ0v) is 12.9. The van der Waals surface area contributed by atoms with Gasteiger partial charge in [-0.15, -0.1) is 11.3 Å². The Balaban J connectivity index is 1.99. The molecule has 0 radical (unpaired) electrons. The van der Waals surface area contributed by atoms with Crippen LogP contribution in [0.3, 0.4) is 0 Å². The summed E-state index contributed by atoms with van der Waals surface area (Å²) in [7, 11) is 0. The average molecular weight is 317 g/mol. The van der Waals surface area contributed by atoms with E-state index in [1.165, 1.54) is 0 Å². The fourth-order valence-corrected chi connectivity index (χ4v) is 2.84. The van der Waals surface area contributed by atoms with Gasteiger partial charge in [0.2, 0.25) is 11.8 Å². The van der Waals surface area contributed by atoms with Crippen molar-refractivity contribution in [2.24, 2.45) is 5.73 Å². The van der Waals surface area contributed by atoms with Crippen molar-refractivity contribution in [1.82, 2.24) is 10.6 Å². The smallest absolute Gasteiger partial charge is 0.239 e. The minimum absolute atomic E-state index is 0.0628. The molecule has 1 unspecified atom stereocenters. The van der Waals surface area contributed by atoms with Gasteiger partial charge in [0.1, 0.15) is 0 Å². The van der Waals surface area contributed by atoms with Gasteiger partial charge in [0.05, 0.1) is 19.1 Å². The highest BCUT2D eigenvalue weighted by molar-refractivity contribution is 7.10. The summed E-state index contributed by atoms with van der Waals surface area (Å²) in [6.45, 7) is -0.182. The van der Waals surface area contributed by atoms with E-state index in [2.05, 4.69) is 10.6 Å². The van der Waals surface area contributed by atoms with Gasteiger partial charge in [-0.1, -0.05) is 36.4 Å². The van der Waals surface area contributed by atoms with Crippen molar-refractivity contribution in [2.75, 3.05) is 13.1 Å². The van der Waals surface area contributed by atoms with Gasteiger partial charge in [0, 0.05) is 4.88 Å². The lowest BCUT2D eigenvalue weighted by molar-refractivity contribution is -0.125. The number of hydrogen-bond donors (Lipinski definition) is 3. The van der Waals surface area contributed by atoms with Crippen LogP contribution in [0, 0.1) is 0 Å². The molecule has 22 heavy (non-hydrogen) atoms. The van der Waals surface area contributed by atoms with Crippen LogP contribution >= 0.6 is 11.3 Å². The van der Waals surface area contributed by atoms with Gasteiger partial charge < -0.3 is 16.4 Å². The van der Waals surface area contributed by atoms with Gasteiger partial charge in [-0.05, 0) is 23.4 Å². The molecular weight excluding hydrogens is 298 g/mol. The van der Waals surface area contributed by atoms with Crippen molar-refractivity contribution in [3.05, 3.63) is 58.3 Å². The first kappa shape index (κ1) is 16.2. The van der Waals surface area contributed by atoms with E-state index in [0.717, 1.165) is 10.4 Å². The molecule has 4 N–H and O–H groups in total. The highest BCUT2D eigenvalue weighted by Gasteiger charge is 2.16. The van der Waals surface area contributed by atoms with Gasteiger partial charge in [0.25, 0.3) is 0 Å². The maximum atomic E-state index is 12.0. The van der Waals surface area contributed by atoms with Gasteiger partial charge in [-0.25, -0.2) is 0 Å². The van der Waals surface area contributed by atoms with Gasteiger partial charge in [-0.3, -0.25) is 9.59 Å². The molecule has 0 aliphatic rings. The lowest BCUT2D eigenvalue weighted by Crippen LogP contribution is -2.41. The van der Waals surface area contributed by atoms with Gasteiger partial charge in [-0.2, -0.15) is 0 Å². The molecule has 1 atom stereocenters. The fraction of sp³-hybridized carbons (Fsp3) is 0.250. The Labute approximate surface area is 133 Å². The lowest BCUT2D eigenvalue weighted by atomic mass is 10.0. The first-order valence-electron chi connectivity index (χ1n) is 7.02. The normalized spacial score (nSPS) is 11.7. The second-order valence-corrected chi connectivity index (χ2v) is 5.79. The molecule has 2 aromatic rings. The predicted octanol–water partition coefficient (Wildman–Crippen LogP) is 1.22. The highest BCUT2D eigenvalue weighted by Crippen LogP contribution is 2.22. The Bertz CT molecular complexity index is 599. The minimum atomic E-state index is -0.342. The molecule has 0 saturated heterocycles. The van der Waals surface area contributed by atoms with E-state index in [0.29, 0.717) is 6.42 Å². The van der Waals surface area contributed by atoms with Crippen molar-refractivity contribution < 1.29 is 9.59 Å². The number of thiophene rings is 1. The van der Waals surface area contributed by atoms with Crippen LogP contribution in [-0.2, 0) is 16.0 Å². The van der Waals surface area contributed by atoms with Gasteiger partial charge >= 0.3 is 0 Å². The van der Waals surface area contributed by atoms with Crippen LogP contribution in [0.1, 0.15) is 16.5 Å². The van der Waals surface area contributed by atoms with Crippen LogP contribution < -0.4 is 16.4 Å². The first-order valence-corrected chi connectivity index (χ1v) is 7.90. The van der Waals surface area contributed by atoms with Crippen molar-refractivity contribution in [2.45, 2.75) is 12.5 Å². The van der Waals surface area contributed by atoms with Crippen LogP contribution in [0.5, 0.6) is 0 Å². The molecule has 0 saturated carbocycles. The topological polar surface area (TPSA) is 84.2 Å². The van der Waals surface area contributed by atoms with Crippen molar-refractivity contribution in [3.8, 4) is 0 Å². The Kier molecular flexibility index (Phi) is 6.12. The van der Waals surface area contributed by atoms with Crippen LogP contribution in [0.25, 0.3) is 0 Å². The van der Waals surface area contributed by atoms with E-state index < -0.39 is 0 Å². The number of amides is 2. The number of carbonyl (C=O) groups excluding carboxylic acids is 2. The highest BCUT2D eigenvalue weighted by atomic mass is 32.1. The molecule has 116 valence electrons. The monoisotopic (exact) mass is 317 g/mol. The van der Waals surface area contributed by atoms with E-state index in [-0.39, 0.29) is 30.9 Å². The summed E-state index contributed by atoms with van der Waals surface area (Å²) in [5.74, 6) is -0.568. The summed E-state index contributed by atoms with van der Waals surface area (Å²) in [6.07, 6.45) is 0.706. The third-order valence-electron chi connectivity index (χ3n) is 3.14. The van der Waals surface area contributed by atoms with Crippen LogP contribution in [-0.4, -0.2) is 24.9 Å². The van der Waals surface area contributed by atoms with Crippen molar-refractivity contribution in [3.63, 3.8) is 0 Å². The summed E-state index contributed by atoms with van der Waals surface area (Å²) < 4.78 is 0. The summed E-state index contributed by atoms with van der Waals surface area (Å²) in [4.78, 5) is 24.2. The standard InChI is InChI=1S/C16H19N3O2S/c17-10-15(20)18-11-16(21)19-13(14-7-4-8-22-14)9-12-5-2-1-3-6-12/h1-8,13H,9-11,17H2,(H,18,20)(H,19,21). The van der Waals surface area contributed by atoms with E-state index in [9.17, 15) is 9.59 Å². The second-order valence-electron chi connectivity index (χ2n) is 4.81. The Morgan fingerprint density at radius 1 is 1.09 bits per heavy atom. The Morgan fingerprint density at radius 3 is 2.50 bits per heavy atom. The molecule has 0 fully saturated rings. The molecule has 0 aliphatic carbocycles. The van der Waals surface area contributed by atoms with E-state index in [4.69, 9.17) is 5.73 Å². The number of rotatable bonds is 7. The molecule has 1 aromatic carbocycles. The molecule has 0 bridgehead atoms. The maximum Gasteiger partial charge on any atom is 0.239 e. The lowest BCUT2D eigenvalue weighted by Gasteiger charge is -2.18. The third-order valence-corrected chi connectivity index (χ3v) is 4.12. The molecule has 1 aromatic heterocycles. The number of hydrogen-bond acceptors (Lipinski definition) is 4. The van der Waals surface area contributed by atoms with Crippen LogP contribution in [0.15, 0.2) is 47.8 Å². The summed E-state index contributed by atoms with van der Waals surface area (Å²) in [6, 6.07) is 13.8. The molecule has 2 rings (SSSR count). The largest absolute Gasteiger partial charge is 0.347 e. The summed E-state index contributed by atoms with van der Waals surface area (Å²) >= 11 is 1.60. The third kappa shape index (κ3) is 4.98. The second kappa shape index (κ2) is 8.31. The molecule has 6 heteroatoms. The molecule has 5 nitrogen and oxygen atoms in total. The Hall–Kier alpha value is -2.18. The summed E-state index contributed by atoms with van der Waals surface area (Å²) in [5, 5.41) is 7.42. The molecule has 2 amide bonds.